The minimum atomic E-state index is -4.06. The molecule has 2 aromatic carbocycles. The molecule has 1 N–H and O–H groups in total. The number of ether oxygens (including phenoxy) is 2. The van der Waals surface area contributed by atoms with Crippen LogP contribution in [0.3, 0.4) is 0 Å². The minimum Gasteiger partial charge on any atom is -0.493 e. The zero-order chi connectivity index (χ0) is 26.1. The van der Waals surface area contributed by atoms with Crippen LogP contribution in [0.25, 0.3) is 0 Å². The van der Waals surface area contributed by atoms with Crippen LogP contribution in [-0.2, 0) is 14.8 Å². The molecular formula is C27H39N3O5S. The molecule has 0 radical (unpaired) electrons. The smallest absolute Gasteiger partial charge is 0.264 e. The van der Waals surface area contributed by atoms with Crippen LogP contribution in [0.1, 0.15) is 43.2 Å². The Morgan fingerprint density at radius 1 is 0.944 bits per heavy atom. The number of sulfonamides is 1. The van der Waals surface area contributed by atoms with Gasteiger partial charge in [-0.3, -0.25) is 9.10 Å². The van der Waals surface area contributed by atoms with E-state index in [9.17, 15) is 13.2 Å². The highest BCUT2D eigenvalue weighted by atomic mass is 32.2. The molecule has 1 aliphatic heterocycles. The first-order valence-electron chi connectivity index (χ1n) is 12.6. The Kier molecular flexibility index (Phi) is 10.0. The zero-order valence-corrected chi connectivity index (χ0v) is 22.7. The molecule has 0 bridgehead atoms. The van der Waals surface area contributed by atoms with E-state index in [0.717, 1.165) is 37.2 Å². The highest BCUT2D eigenvalue weighted by Gasteiger charge is 2.28. The summed E-state index contributed by atoms with van der Waals surface area (Å²) in [6.07, 6.45) is 5.86. The lowest BCUT2D eigenvalue weighted by molar-refractivity contribution is -0.119. The molecule has 3 rings (SSSR count). The second-order valence-electron chi connectivity index (χ2n) is 9.33. The van der Waals surface area contributed by atoms with Crippen molar-refractivity contribution in [2.45, 2.75) is 50.8 Å². The molecule has 8 nitrogen and oxygen atoms in total. The third-order valence-corrected chi connectivity index (χ3v) is 8.17. The Bertz CT molecular complexity index is 1110. The molecule has 1 aliphatic rings. The van der Waals surface area contributed by atoms with Crippen molar-refractivity contribution >= 4 is 21.6 Å². The van der Waals surface area contributed by atoms with Gasteiger partial charge in [-0.1, -0.05) is 18.9 Å². The molecule has 2 aromatic rings. The number of hydrogen-bond acceptors (Lipinski definition) is 6. The van der Waals surface area contributed by atoms with Crippen molar-refractivity contribution in [3.8, 4) is 11.5 Å². The molecule has 0 aliphatic carbocycles. The van der Waals surface area contributed by atoms with Gasteiger partial charge < -0.3 is 19.7 Å². The number of methoxy groups -OCH3 is 2. The summed E-state index contributed by atoms with van der Waals surface area (Å²) in [6, 6.07) is 9.95. The van der Waals surface area contributed by atoms with Crippen molar-refractivity contribution in [1.29, 1.82) is 0 Å². The predicted octanol–water partition coefficient (Wildman–Crippen LogP) is 3.90. The van der Waals surface area contributed by atoms with Crippen molar-refractivity contribution < 1.29 is 22.7 Å². The minimum absolute atomic E-state index is 0.0215. The number of anilines is 1. The van der Waals surface area contributed by atoms with Gasteiger partial charge in [0.1, 0.15) is 6.54 Å². The van der Waals surface area contributed by atoms with E-state index in [1.54, 1.807) is 18.2 Å². The van der Waals surface area contributed by atoms with Crippen molar-refractivity contribution in [1.82, 2.24) is 10.2 Å². The summed E-state index contributed by atoms with van der Waals surface area (Å²) in [5.41, 5.74) is 2.27. The molecule has 1 heterocycles. The molecule has 9 heteroatoms. The Morgan fingerprint density at radius 3 is 2.19 bits per heavy atom. The summed E-state index contributed by atoms with van der Waals surface area (Å²) < 4.78 is 39.3. The van der Waals surface area contributed by atoms with Gasteiger partial charge in [0.05, 0.1) is 24.8 Å². The molecule has 1 amide bonds. The molecule has 0 spiro atoms. The van der Waals surface area contributed by atoms with Gasteiger partial charge in [0.15, 0.2) is 11.5 Å². The first-order chi connectivity index (χ1) is 17.2. The molecular weight excluding hydrogens is 478 g/mol. The van der Waals surface area contributed by atoms with E-state index in [1.165, 1.54) is 56.3 Å². The Balaban J connectivity index is 1.77. The predicted molar refractivity (Wildman–Crippen MR) is 143 cm³/mol. The van der Waals surface area contributed by atoms with Gasteiger partial charge in [-0.15, -0.1) is 0 Å². The number of nitrogens with zero attached hydrogens (tertiary/aromatic N) is 2. The lowest BCUT2D eigenvalue weighted by Gasteiger charge is -2.25. The summed E-state index contributed by atoms with van der Waals surface area (Å²) in [7, 11) is -1.12. The van der Waals surface area contributed by atoms with Crippen molar-refractivity contribution in [2.24, 2.45) is 0 Å². The molecule has 1 fully saturated rings. The maximum atomic E-state index is 13.8. The lowest BCUT2D eigenvalue weighted by atomic mass is 10.1. The maximum Gasteiger partial charge on any atom is 0.264 e. The van der Waals surface area contributed by atoms with Gasteiger partial charge in [-0.05, 0) is 88.1 Å². The highest BCUT2D eigenvalue weighted by molar-refractivity contribution is 7.92. The average molecular weight is 518 g/mol. The molecule has 36 heavy (non-hydrogen) atoms. The van der Waals surface area contributed by atoms with Crippen LogP contribution in [0.2, 0.25) is 0 Å². The SMILES string of the molecule is COc1ccc(S(=O)(=O)N(CC(=O)NCCCN2CCCCCC2)c2cc(C)cc(C)c2)cc1OC. The van der Waals surface area contributed by atoms with Gasteiger partial charge in [-0.2, -0.15) is 0 Å². The van der Waals surface area contributed by atoms with E-state index < -0.39 is 10.0 Å². The zero-order valence-electron chi connectivity index (χ0n) is 21.9. The molecule has 0 unspecified atom stereocenters. The maximum absolute atomic E-state index is 13.8. The normalized spacial score (nSPS) is 14.7. The first kappa shape index (κ1) is 27.8. The number of likely N-dealkylation sites (tertiary alicyclic amines) is 1. The number of benzene rings is 2. The average Bonchev–Trinajstić information content (AvgIpc) is 3.13. The standard InChI is InChI=1S/C27H39N3O5S/c1-21-16-22(2)18-23(17-21)30(36(32,33)24-10-11-25(34-3)26(19-24)35-4)20-27(31)28-12-9-15-29-13-7-5-6-8-14-29/h10-11,16-19H,5-9,12-15,20H2,1-4H3,(H,28,31). The molecule has 0 atom stereocenters. The number of amides is 1. The van der Waals surface area contributed by atoms with Gasteiger partial charge in [0, 0.05) is 12.6 Å². The Morgan fingerprint density at radius 2 is 1.58 bits per heavy atom. The molecule has 198 valence electrons. The topological polar surface area (TPSA) is 88.2 Å². The van der Waals surface area contributed by atoms with E-state index in [1.807, 2.05) is 19.9 Å². The van der Waals surface area contributed by atoms with E-state index in [0.29, 0.717) is 23.7 Å². The number of nitrogens with one attached hydrogen (secondary N) is 1. The van der Waals surface area contributed by atoms with E-state index >= 15 is 0 Å². The van der Waals surface area contributed by atoms with Gasteiger partial charge >= 0.3 is 0 Å². The van der Waals surface area contributed by atoms with Crippen LogP contribution in [0.4, 0.5) is 5.69 Å². The van der Waals surface area contributed by atoms with Gasteiger partial charge in [0.25, 0.3) is 10.0 Å². The van der Waals surface area contributed by atoms with Crippen molar-refractivity contribution in [2.75, 3.05) is 51.2 Å². The summed E-state index contributed by atoms with van der Waals surface area (Å²) >= 11 is 0. The van der Waals surface area contributed by atoms with E-state index in [-0.39, 0.29) is 17.3 Å². The summed E-state index contributed by atoms with van der Waals surface area (Å²) in [4.78, 5) is 15.4. The number of rotatable bonds is 11. The second-order valence-corrected chi connectivity index (χ2v) is 11.2. The first-order valence-corrected chi connectivity index (χ1v) is 14.0. The molecule has 1 saturated heterocycles. The van der Waals surface area contributed by atoms with Crippen LogP contribution in [0, 0.1) is 13.8 Å². The van der Waals surface area contributed by atoms with Crippen molar-refractivity contribution in [3.05, 3.63) is 47.5 Å². The van der Waals surface area contributed by atoms with Crippen LogP contribution < -0.4 is 19.1 Å². The third-order valence-electron chi connectivity index (χ3n) is 6.40. The summed E-state index contributed by atoms with van der Waals surface area (Å²) in [5.74, 6) is 0.391. The number of carbonyl (C=O) groups excluding carboxylic acids is 1. The monoisotopic (exact) mass is 517 g/mol. The van der Waals surface area contributed by atoms with Crippen LogP contribution in [0.15, 0.2) is 41.3 Å². The van der Waals surface area contributed by atoms with E-state index in [4.69, 9.17) is 9.47 Å². The van der Waals surface area contributed by atoms with E-state index in [2.05, 4.69) is 10.2 Å². The van der Waals surface area contributed by atoms with Crippen LogP contribution in [-0.4, -0.2) is 66.2 Å². The number of aryl methyl sites for hydroxylation is 2. The lowest BCUT2D eigenvalue weighted by Crippen LogP contribution is -2.41. The number of carbonyl (C=O) groups is 1. The van der Waals surface area contributed by atoms with Crippen LogP contribution in [0.5, 0.6) is 11.5 Å². The Hall–Kier alpha value is -2.78. The highest BCUT2D eigenvalue weighted by Crippen LogP contribution is 2.32. The molecule has 0 aromatic heterocycles. The fourth-order valence-electron chi connectivity index (χ4n) is 4.59. The van der Waals surface area contributed by atoms with Gasteiger partial charge in [0.2, 0.25) is 5.91 Å². The van der Waals surface area contributed by atoms with Gasteiger partial charge in [-0.25, -0.2) is 8.42 Å². The fraction of sp³-hybridized carbons (Fsp3) is 0.519. The van der Waals surface area contributed by atoms with Crippen molar-refractivity contribution in [3.63, 3.8) is 0 Å². The quantitative estimate of drug-likeness (QED) is 0.455. The largest absolute Gasteiger partial charge is 0.493 e. The summed E-state index contributed by atoms with van der Waals surface area (Å²) in [5, 5.41) is 2.92. The fourth-order valence-corrected chi connectivity index (χ4v) is 6.01. The number of hydrogen-bond donors (Lipinski definition) is 1. The van der Waals surface area contributed by atoms with Crippen LogP contribution >= 0.6 is 0 Å². The third kappa shape index (κ3) is 7.36. The summed E-state index contributed by atoms with van der Waals surface area (Å²) in [6.45, 7) is 7.15. The second kappa shape index (κ2) is 13.0. The molecule has 0 saturated carbocycles. The Labute approximate surface area is 215 Å².